The standard InChI is InChI=1S/C6H10O3.C6H10O2/c1-2-6(8)9-5-3-4-7;1-5(2)4-6(7)8-3/h2,7H,1,3-5H2;4H,1-3H3. The fourth-order valence-electron chi connectivity index (χ4n) is 0.591. The Balaban J connectivity index is 0. The lowest BCUT2D eigenvalue weighted by Gasteiger charge is -1.96. The van der Waals surface area contributed by atoms with Crippen LogP contribution in [0.1, 0.15) is 20.3 Å². The average Bonchev–Trinajstić information content (AvgIpc) is 2.29. The van der Waals surface area contributed by atoms with E-state index in [1.807, 2.05) is 13.8 Å². The zero-order chi connectivity index (χ0) is 13.7. The van der Waals surface area contributed by atoms with Crippen molar-refractivity contribution in [1.29, 1.82) is 0 Å². The fourth-order valence-corrected chi connectivity index (χ4v) is 0.591. The molecular formula is C12H20O5. The van der Waals surface area contributed by atoms with Crippen molar-refractivity contribution in [3.63, 3.8) is 0 Å². The maximum Gasteiger partial charge on any atom is 0.330 e. The van der Waals surface area contributed by atoms with Gasteiger partial charge in [0.2, 0.25) is 0 Å². The molecule has 5 nitrogen and oxygen atoms in total. The van der Waals surface area contributed by atoms with Gasteiger partial charge in [0, 0.05) is 25.2 Å². The molecule has 0 rings (SSSR count). The van der Waals surface area contributed by atoms with Crippen LogP contribution in [0, 0.1) is 0 Å². The first-order valence-electron chi connectivity index (χ1n) is 5.10. The minimum Gasteiger partial charge on any atom is -0.466 e. The monoisotopic (exact) mass is 244 g/mol. The summed E-state index contributed by atoms with van der Waals surface area (Å²) in [6.45, 7) is 7.20. The van der Waals surface area contributed by atoms with Crippen LogP contribution >= 0.6 is 0 Å². The van der Waals surface area contributed by atoms with Gasteiger partial charge in [0.15, 0.2) is 0 Å². The van der Waals surface area contributed by atoms with E-state index in [4.69, 9.17) is 5.11 Å². The zero-order valence-corrected chi connectivity index (χ0v) is 10.6. The van der Waals surface area contributed by atoms with E-state index in [9.17, 15) is 9.59 Å². The molecule has 0 radical (unpaired) electrons. The third-order valence-electron chi connectivity index (χ3n) is 1.32. The van der Waals surface area contributed by atoms with E-state index in [0.717, 1.165) is 11.6 Å². The molecule has 0 bridgehead atoms. The van der Waals surface area contributed by atoms with E-state index in [1.165, 1.54) is 13.2 Å². The molecule has 0 aliphatic rings. The number of aliphatic hydroxyl groups excluding tert-OH is 1. The Kier molecular flexibility index (Phi) is 13.0. The topological polar surface area (TPSA) is 72.8 Å². The number of methoxy groups -OCH3 is 1. The number of ether oxygens (including phenoxy) is 2. The maximum atomic E-state index is 10.3. The van der Waals surface area contributed by atoms with Crippen molar-refractivity contribution < 1.29 is 24.2 Å². The number of hydrogen-bond donors (Lipinski definition) is 1. The van der Waals surface area contributed by atoms with Crippen LogP contribution in [0.4, 0.5) is 0 Å². The molecule has 5 heteroatoms. The van der Waals surface area contributed by atoms with Crippen LogP contribution < -0.4 is 0 Å². The van der Waals surface area contributed by atoms with Gasteiger partial charge in [-0.2, -0.15) is 0 Å². The van der Waals surface area contributed by atoms with E-state index in [2.05, 4.69) is 16.1 Å². The summed E-state index contributed by atoms with van der Waals surface area (Å²) >= 11 is 0. The predicted molar refractivity (Wildman–Crippen MR) is 64.3 cm³/mol. The minimum absolute atomic E-state index is 0.0461. The molecule has 0 aromatic rings. The van der Waals surface area contributed by atoms with Gasteiger partial charge in [0.1, 0.15) is 0 Å². The summed E-state index contributed by atoms with van der Waals surface area (Å²) in [7, 11) is 1.36. The highest BCUT2D eigenvalue weighted by Crippen LogP contribution is 1.88. The van der Waals surface area contributed by atoms with E-state index >= 15 is 0 Å². The first-order valence-corrected chi connectivity index (χ1v) is 5.10. The molecule has 0 aliphatic carbocycles. The SMILES string of the molecule is C=CC(=O)OCCCO.COC(=O)C=C(C)C. The number of aliphatic hydroxyl groups is 1. The van der Waals surface area contributed by atoms with Crippen molar-refractivity contribution in [2.45, 2.75) is 20.3 Å². The highest BCUT2D eigenvalue weighted by atomic mass is 16.5. The first kappa shape index (κ1) is 17.8. The number of esters is 2. The first-order chi connectivity index (χ1) is 7.97. The minimum atomic E-state index is -0.441. The van der Waals surface area contributed by atoms with Crippen LogP contribution in [-0.2, 0) is 19.1 Å². The second-order valence-corrected chi connectivity index (χ2v) is 3.19. The number of allylic oxidation sites excluding steroid dienone is 1. The smallest absolute Gasteiger partial charge is 0.330 e. The van der Waals surface area contributed by atoms with Gasteiger partial charge in [-0.25, -0.2) is 9.59 Å². The number of hydrogen-bond acceptors (Lipinski definition) is 5. The van der Waals surface area contributed by atoms with E-state index in [1.54, 1.807) is 0 Å². The second-order valence-electron chi connectivity index (χ2n) is 3.19. The molecule has 0 unspecified atom stereocenters. The maximum absolute atomic E-state index is 10.3. The molecule has 0 aromatic heterocycles. The quantitative estimate of drug-likeness (QED) is 0.447. The van der Waals surface area contributed by atoms with Crippen LogP contribution in [0.25, 0.3) is 0 Å². The molecule has 0 heterocycles. The Hall–Kier alpha value is -1.62. The highest BCUT2D eigenvalue weighted by Gasteiger charge is 1.91. The van der Waals surface area contributed by atoms with E-state index in [-0.39, 0.29) is 19.2 Å². The Labute approximate surface area is 102 Å². The molecule has 0 atom stereocenters. The molecule has 0 amide bonds. The summed E-state index contributed by atoms with van der Waals surface area (Å²) in [5.74, 6) is -0.728. The van der Waals surface area contributed by atoms with Gasteiger partial charge in [0.25, 0.3) is 0 Å². The van der Waals surface area contributed by atoms with Gasteiger partial charge < -0.3 is 14.6 Å². The third-order valence-corrected chi connectivity index (χ3v) is 1.32. The molecule has 0 aliphatic heterocycles. The zero-order valence-electron chi connectivity index (χ0n) is 10.6. The van der Waals surface area contributed by atoms with Crippen LogP contribution in [0.15, 0.2) is 24.3 Å². The van der Waals surface area contributed by atoms with Gasteiger partial charge in [0.05, 0.1) is 13.7 Å². The molecule has 0 spiro atoms. The highest BCUT2D eigenvalue weighted by molar-refractivity contribution is 5.82. The fraction of sp³-hybridized carbons (Fsp3) is 0.500. The van der Waals surface area contributed by atoms with Crippen LogP contribution in [0.2, 0.25) is 0 Å². The molecule has 0 saturated heterocycles. The summed E-state index contributed by atoms with van der Waals surface area (Å²) in [5.41, 5.74) is 0.955. The van der Waals surface area contributed by atoms with Crippen molar-refractivity contribution >= 4 is 11.9 Å². The lowest BCUT2D eigenvalue weighted by atomic mass is 10.3. The van der Waals surface area contributed by atoms with Crippen LogP contribution in [0.5, 0.6) is 0 Å². The largest absolute Gasteiger partial charge is 0.466 e. The second kappa shape index (κ2) is 12.4. The summed E-state index contributed by atoms with van der Waals surface area (Å²) in [6, 6.07) is 0. The molecule has 0 saturated carbocycles. The number of rotatable bonds is 5. The molecule has 1 N–H and O–H groups in total. The van der Waals surface area contributed by atoms with Gasteiger partial charge >= 0.3 is 11.9 Å². The average molecular weight is 244 g/mol. The van der Waals surface area contributed by atoms with Gasteiger partial charge in [-0.15, -0.1) is 0 Å². The van der Waals surface area contributed by atoms with Gasteiger partial charge in [-0.05, 0) is 13.8 Å². The Bertz CT molecular complexity index is 264. The predicted octanol–water partition coefficient (Wildman–Crippen LogP) is 1.22. The Morgan fingerprint density at radius 1 is 1.29 bits per heavy atom. The van der Waals surface area contributed by atoms with Crippen molar-refractivity contribution in [1.82, 2.24) is 0 Å². The van der Waals surface area contributed by atoms with E-state index in [0.29, 0.717) is 6.42 Å². The molecular weight excluding hydrogens is 224 g/mol. The van der Waals surface area contributed by atoms with Crippen molar-refractivity contribution in [2.75, 3.05) is 20.3 Å². The normalized spacial score (nSPS) is 8.24. The summed E-state index contributed by atoms with van der Waals surface area (Å²) in [4.78, 5) is 20.6. The molecule has 0 aromatic carbocycles. The van der Waals surface area contributed by atoms with Gasteiger partial charge in [-0.1, -0.05) is 12.2 Å². The Morgan fingerprint density at radius 3 is 2.18 bits per heavy atom. The summed E-state index contributed by atoms with van der Waals surface area (Å²) in [6.07, 6.45) is 3.02. The molecule has 17 heavy (non-hydrogen) atoms. The lowest BCUT2D eigenvalue weighted by Crippen LogP contribution is -2.02. The van der Waals surface area contributed by atoms with Crippen LogP contribution in [-0.4, -0.2) is 37.4 Å². The molecule has 98 valence electrons. The Morgan fingerprint density at radius 2 is 1.88 bits per heavy atom. The third kappa shape index (κ3) is 17.0. The number of carbonyl (C=O) groups is 2. The number of carbonyl (C=O) groups excluding carboxylic acids is 2. The van der Waals surface area contributed by atoms with Crippen molar-refractivity contribution in [2.24, 2.45) is 0 Å². The summed E-state index contributed by atoms with van der Waals surface area (Å²) in [5, 5.41) is 8.23. The lowest BCUT2D eigenvalue weighted by molar-refractivity contribution is -0.138. The van der Waals surface area contributed by atoms with Gasteiger partial charge in [-0.3, -0.25) is 0 Å². The van der Waals surface area contributed by atoms with Crippen LogP contribution in [0.3, 0.4) is 0 Å². The van der Waals surface area contributed by atoms with E-state index < -0.39 is 5.97 Å². The van der Waals surface area contributed by atoms with Crippen molar-refractivity contribution in [3.05, 3.63) is 24.3 Å². The molecule has 0 fully saturated rings. The van der Waals surface area contributed by atoms with Crippen molar-refractivity contribution in [3.8, 4) is 0 Å². The summed E-state index contributed by atoms with van der Waals surface area (Å²) < 4.78 is 8.86.